The number of amidine groups is 1. The zero-order valence-corrected chi connectivity index (χ0v) is 8.07. The number of hydrogen-bond acceptors (Lipinski definition) is 5. The molecule has 1 rings (SSSR count). The maximum absolute atomic E-state index is 10.4. The molecule has 3 N–H and O–H groups in total. The van der Waals surface area contributed by atoms with Crippen LogP contribution in [0.1, 0.15) is 19.4 Å². The molecule has 0 amide bonds. The molecule has 0 saturated heterocycles. The van der Waals surface area contributed by atoms with Gasteiger partial charge in [0.15, 0.2) is 0 Å². The number of rotatable bonds is 4. The highest BCUT2D eigenvalue weighted by Gasteiger charge is 2.13. The Morgan fingerprint density at radius 3 is 3.07 bits per heavy atom. The van der Waals surface area contributed by atoms with Crippen LogP contribution < -0.4 is 5.73 Å². The molecular formula is C7H11N5O3. The van der Waals surface area contributed by atoms with E-state index >= 15 is 0 Å². The number of oxime groups is 1. The van der Waals surface area contributed by atoms with Crippen molar-refractivity contribution in [2.45, 2.75) is 19.4 Å². The van der Waals surface area contributed by atoms with E-state index < -0.39 is 4.92 Å². The number of nitrogens with zero attached hydrogens (tertiary/aromatic N) is 4. The molecular weight excluding hydrogens is 202 g/mol. The van der Waals surface area contributed by atoms with Crippen LogP contribution in [0.4, 0.5) is 5.69 Å². The average Bonchev–Trinajstić information content (AvgIpc) is 2.66. The van der Waals surface area contributed by atoms with Gasteiger partial charge in [-0.15, -0.1) is 0 Å². The first-order chi connectivity index (χ1) is 7.04. The quantitative estimate of drug-likeness (QED) is 0.248. The standard InChI is InChI=1S/C7H11N5O3/c1-5(2-7(8)10-13)11-4-6(3-9-11)12(14)15/h3-5,13H,2H2,1H3,(H2,8,10). The van der Waals surface area contributed by atoms with Crippen molar-refractivity contribution >= 4 is 11.5 Å². The Hall–Kier alpha value is -2.12. The first kappa shape index (κ1) is 11.0. The van der Waals surface area contributed by atoms with E-state index in [1.165, 1.54) is 10.9 Å². The molecule has 0 spiro atoms. The van der Waals surface area contributed by atoms with Crippen molar-refractivity contribution in [2.24, 2.45) is 10.9 Å². The second-order valence-electron chi connectivity index (χ2n) is 3.08. The van der Waals surface area contributed by atoms with Crippen molar-refractivity contribution < 1.29 is 10.1 Å². The Morgan fingerprint density at radius 2 is 2.60 bits per heavy atom. The van der Waals surface area contributed by atoms with Crippen LogP contribution in [0.25, 0.3) is 0 Å². The molecule has 0 aliphatic rings. The third-order valence-corrected chi connectivity index (χ3v) is 1.88. The average molecular weight is 213 g/mol. The highest BCUT2D eigenvalue weighted by Crippen LogP contribution is 2.14. The van der Waals surface area contributed by atoms with Gasteiger partial charge in [-0.05, 0) is 6.92 Å². The fourth-order valence-corrected chi connectivity index (χ4v) is 1.10. The van der Waals surface area contributed by atoms with Gasteiger partial charge in [-0.1, -0.05) is 5.16 Å². The van der Waals surface area contributed by atoms with Crippen LogP contribution in [0.15, 0.2) is 17.5 Å². The summed E-state index contributed by atoms with van der Waals surface area (Å²) in [5, 5.41) is 25.4. The SMILES string of the molecule is CC(C/C(N)=N/O)n1cc([N+](=O)[O-])cn1. The van der Waals surface area contributed by atoms with Crippen molar-refractivity contribution in [3.05, 3.63) is 22.5 Å². The number of aromatic nitrogens is 2. The largest absolute Gasteiger partial charge is 0.409 e. The summed E-state index contributed by atoms with van der Waals surface area (Å²) in [5.74, 6) is 0.0562. The van der Waals surface area contributed by atoms with E-state index in [0.717, 1.165) is 6.20 Å². The highest BCUT2D eigenvalue weighted by atomic mass is 16.6. The predicted molar refractivity (Wildman–Crippen MR) is 51.6 cm³/mol. The Kier molecular flexibility index (Phi) is 3.21. The molecule has 1 unspecified atom stereocenters. The van der Waals surface area contributed by atoms with Gasteiger partial charge in [-0.25, -0.2) is 0 Å². The lowest BCUT2D eigenvalue weighted by Gasteiger charge is -2.09. The van der Waals surface area contributed by atoms with Crippen LogP contribution in [0.2, 0.25) is 0 Å². The van der Waals surface area contributed by atoms with Crippen LogP contribution in [0.5, 0.6) is 0 Å². The van der Waals surface area contributed by atoms with Gasteiger partial charge in [0.25, 0.3) is 0 Å². The third kappa shape index (κ3) is 2.66. The van der Waals surface area contributed by atoms with Crippen molar-refractivity contribution in [1.29, 1.82) is 0 Å². The summed E-state index contributed by atoms with van der Waals surface area (Å²) in [6.07, 6.45) is 2.73. The molecule has 0 aromatic carbocycles. The smallest absolute Gasteiger partial charge is 0.307 e. The molecule has 8 nitrogen and oxygen atoms in total. The molecule has 15 heavy (non-hydrogen) atoms. The highest BCUT2D eigenvalue weighted by molar-refractivity contribution is 5.79. The molecule has 0 radical (unpaired) electrons. The summed E-state index contributed by atoms with van der Waals surface area (Å²) >= 11 is 0. The maximum atomic E-state index is 10.4. The summed E-state index contributed by atoms with van der Waals surface area (Å²) in [4.78, 5) is 9.85. The summed E-state index contributed by atoms with van der Waals surface area (Å²) in [7, 11) is 0. The van der Waals surface area contributed by atoms with Crippen molar-refractivity contribution in [2.75, 3.05) is 0 Å². The minimum Gasteiger partial charge on any atom is -0.409 e. The zero-order valence-electron chi connectivity index (χ0n) is 8.07. The van der Waals surface area contributed by atoms with Gasteiger partial charge < -0.3 is 10.9 Å². The molecule has 1 aromatic heterocycles. The lowest BCUT2D eigenvalue weighted by atomic mass is 10.2. The lowest BCUT2D eigenvalue weighted by molar-refractivity contribution is -0.385. The molecule has 0 aliphatic carbocycles. The first-order valence-corrected chi connectivity index (χ1v) is 4.19. The minimum absolute atomic E-state index is 0.0562. The zero-order chi connectivity index (χ0) is 11.4. The topological polar surface area (TPSA) is 120 Å². The van der Waals surface area contributed by atoms with Gasteiger partial charge in [0.05, 0.1) is 11.0 Å². The third-order valence-electron chi connectivity index (χ3n) is 1.88. The fourth-order valence-electron chi connectivity index (χ4n) is 1.10. The second-order valence-corrected chi connectivity index (χ2v) is 3.08. The second kappa shape index (κ2) is 4.40. The molecule has 1 aromatic rings. The van der Waals surface area contributed by atoms with Gasteiger partial charge in [-0.3, -0.25) is 14.8 Å². The number of nitro groups is 1. The Labute approximate surface area is 85.1 Å². The normalized spacial score (nSPS) is 13.8. The molecule has 0 saturated carbocycles. The Balaban J connectivity index is 2.74. The maximum Gasteiger partial charge on any atom is 0.307 e. The van der Waals surface area contributed by atoms with Crippen molar-refractivity contribution in [1.82, 2.24) is 9.78 Å². The fraction of sp³-hybridized carbons (Fsp3) is 0.429. The lowest BCUT2D eigenvalue weighted by Crippen LogP contribution is -2.18. The van der Waals surface area contributed by atoms with E-state index in [-0.39, 0.29) is 24.0 Å². The van der Waals surface area contributed by atoms with Crippen LogP contribution in [-0.2, 0) is 0 Å². The van der Waals surface area contributed by atoms with E-state index in [9.17, 15) is 10.1 Å². The molecule has 0 aliphatic heterocycles. The molecule has 1 heterocycles. The summed E-state index contributed by atoms with van der Waals surface area (Å²) in [6, 6.07) is -0.199. The van der Waals surface area contributed by atoms with Crippen LogP contribution >= 0.6 is 0 Å². The number of nitrogens with two attached hydrogens (primary N) is 1. The molecule has 0 fully saturated rings. The van der Waals surface area contributed by atoms with E-state index in [0.29, 0.717) is 0 Å². The van der Waals surface area contributed by atoms with Gasteiger partial charge in [0.1, 0.15) is 18.2 Å². The Bertz CT molecular complexity index is 386. The monoisotopic (exact) mass is 213 g/mol. The van der Waals surface area contributed by atoms with Gasteiger partial charge in [-0.2, -0.15) is 5.10 Å². The van der Waals surface area contributed by atoms with E-state index in [2.05, 4.69) is 10.3 Å². The minimum atomic E-state index is -0.528. The first-order valence-electron chi connectivity index (χ1n) is 4.19. The molecule has 82 valence electrons. The summed E-state index contributed by atoms with van der Waals surface area (Å²) < 4.78 is 1.40. The van der Waals surface area contributed by atoms with E-state index in [4.69, 9.17) is 10.9 Å². The Morgan fingerprint density at radius 1 is 1.93 bits per heavy atom. The van der Waals surface area contributed by atoms with Crippen LogP contribution in [0.3, 0.4) is 0 Å². The molecule has 8 heteroatoms. The van der Waals surface area contributed by atoms with Crippen molar-refractivity contribution in [3.8, 4) is 0 Å². The van der Waals surface area contributed by atoms with Gasteiger partial charge >= 0.3 is 5.69 Å². The summed E-state index contributed by atoms with van der Waals surface area (Å²) in [5.41, 5.74) is 5.22. The van der Waals surface area contributed by atoms with Crippen molar-refractivity contribution in [3.63, 3.8) is 0 Å². The van der Waals surface area contributed by atoms with Gasteiger partial charge in [0, 0.05) is 6.42 Å². The molecule has 1 atom stereocenters. The summed E-state index contributed by atoms with van der Waals surface area (Å²) in [6.45, 7) is 1.76. The predicted octanol–water partition coefficient (Wildman–Crippen LogP) is 0.489. The molecule has 0 bridgehead atoms. The van der Waals surface area contributed by atoms with Crippen LogP contribution in [-0.4, -0.2) is 25.7 Å². The van der Waals surface area contributed by atoms with E-state index in [1.54, 1.807) is 6.92 Å². The van der Waals surface area contributed by atoms with Gasteiger partial charge in [0.2, 0.25) is 0 Å². The van der Waals surface area contributed by atoms with Crippen LogP contribution in [0, 0.1) is 10.1 Å². The van der Waals surface area contributed by atoms with E-state index in [1.807, 2.05) is 0 Å². The number of hydrogen-bond donors (Lipinski definition) is 2.